The fraction of sp³-hybridized carbons (Fsp3) is 0.375. The summed E-state index contributed by atoms with van der Waals surface area (Å²) in [6, 6.07) is 15.7. The molecular weight excluding hydrogens is 374 g/mol. The summed E-state index contributed by atoms with van der Waals surface area (Å²) in [6.07, 6.45) is 9.57. The van der Waals surface area contributed by atoms with Crippen molar-refractivity contribution in [1.82, 2.24) is 14.5 Å². The molecule has 0 spiro atoms. The van der Waals surface area contributed by atoms with Gasteiger partial charge in [0.15, 0.2) is 0 Å². The summed E-state index contributed by atoms with van der Waals surface area (Å²) in [5.41, 5.74) is 8.38. The fourth-order valence-electron chi connectivity index (χ4n) is 3.44. The van der Waals surface area contributed by atoms with Crippen molar-refractivity contribution < 1.29 is 0 Å². The number of pyridine rings is 1. The van der Waals surface area contributed by atoms with Gasteiger partial charge in [0.25, 0.3) is 5.56 Å². The average molecular weight is 406 g/mol. The van der Waals surface area contributed by atoms with Gasteiger partial charge in [-0.1, -0.05) is 43.2 Å². The number of hydrogen-bond donors (Lipinski definition) is 2. The van der Waals surface area contributed by atoms with Crippen molar-refractivity contribution in [3.05, 3.63) is 76.8 Å². The third-order valence-corrected chi connectivity index (χ3v) is 5.09. The van der Waals surface area contributed by atoms with Gasteiger partial charge in [-0.3, -0.25) is 14.3 Å². The molecule has 3 N–H and O–H groups in total. The molecule has 3 aromatic rings. The number of unbranched alkanes of at least 4 members (excludes halogenated alkanes) is 3. The van der Waals surface area contributed by atoms with Gasteiger partial charge in [0, 0.05) is 37.1 Å². The number of nitrogens with one attached hydrogen (secondary N) is 1. The number of benzene rings is 1. The van der Waals surface area contributed by atoms with E-state index in [-0.39, 0.29) is 5.56 Å². The van der Waals surface area contributed by atoms with Crippen molar-refractivity contribution in [2.24, 2.45) is 5.73 Å². The van der Waals surface area contributed by atoms with Gasteiger partial charge in [-0.15, -0.1) is 0 Å². The zero-order chi connectivity index (χ0) is 21.0. The van der Waals surface area contributed by atoms with Crippen LogP contribution in [0.15, 0.2) is 65.7 Å². The number of hydrogen-bond acceptors (Lipinski definition) is 5. The lowest BCUT2D eigenvalue weighted by atomic mass is 10.1. The summed E-state index contributed by atoms with van der Waals surface area (Å²) in [5, 5.41) is 3.39. The number of nitrogens with two attached hydrogens (primary N) is 1. The molecule has 2 heterocycles. The predicted molar refractivity (Wildman–Crippen MR) is 123 cm³/mol. The maximum absolute atomic E-state index is 12.9. The van der Waals surface area contributed by atoms with E-state index < -0.39 is 0 Å². The number of rotatable bonds is 12. The molecule has 0 radical (unpaired) electrons. The summed E-state index contributed by atoms with van der Waals surface area (Å²) in [6.45, 7) is 2.16. The van der Waals surface area contributed by atoms with Crippen LogP contribution in [0, 0.1) is 0 Å². The van der Waals surface area contributed by atoms with E-state index >= 15 is 0 Å². The van der Waals surface area contributed by atoms with Crippen molar-refractivity contribution >= 4 is 5.95 Å². The molecule has 6 nitrogen and oxygen atoms in total. The predicted octanol–water partition coefficient (Wildman–Crippen LogP) is 3.87. The normalized spacial score (nSPS) is 10.8. The van der Waals surface area contributed by atoms with Crippen LogP contribution in [-0.4, -0.2) is 27.6 Å². The van der Waals surface area contributed by atoms with Crippen LogP contribution >= 0.6 is 0 Å². The van der Waals surface area contributed by atoms with Gasteiger partial charge in [-0.25, -0.2) is 4.98 Å². The van der Waals surface area contributed by atoms with Gasteiger partial charge >= 0.3 is 0 Å². The summed E-state index contributed by atoms with van der Waals surface area (Å²) in [7, 11) is 0. The molecule has 3 rings (SSSR count). The van der Waals surface area contributed by atoms with E-state index in [0.717, 1.165) is 57.2 Å². The minimum Gasteiger partial charge on any atom is -0.356 e. The van der Waals surface area contributed by atoms with Crippen LogP contribution in [0.25, 0.3) is 11.3 Å². The molecule has 0 aliphatic heterocycles. The Morgan fingerprint density at radius 1 is 0.933 bits per heavy atom. The second-order valence-corrected chi connectivity index (χ2v) is 7.41. The highest BCUT2D eigenvalue weighted by Gasteiger charge is 2.10. The molecule has 0 bridgehead atoms. The van der Waals surface area contributed by atoms with Crippen molar-refractivity contribution in [1.29, 1.82) is 0 Å². The van der Waals surface area contributed by atoms with E-state index in [2.05, 4.69) is 22.4 Å². The number of aryl methyl sites for hydroxylation is 1. The first-order chi connectivity index (χ1) is 14.8. The molecule has 0 amide bonds. The smallest absolute Gasteiger partial charge is 0.255 e. The fourth-order valence-corrected chi connectivity index (χ4v) is 3.44. The Morgan fingerprint density at radius 2 is 1.70 bits per heavy atom. The first-order valence-electron chi connectivity index (χ1n) is 10.8. The first kappa shape index (κ1) is 21.7. The van der Waals surface area contributed by atoms with Gasteiger partial charge in [0.05, 0.1) is 5.69 Å². The third kappa shape index (κ3) is 6.52. The second kappa shape index (κ2) is 11.9. The van der Waals surface area contributed by atoms with Crippen LogP contribution in [0.2, 0.25) is 0 Å². The van der Waals surface area contributed by atoms with Crippen molar-refractivity contribution in [3.63, 3.8) is 0 Å². The maximum atomic E-state index is 12.9. The highest BCUT2D eigenvalue weighted by Crippen LogP contribution is 2.17. The Bertz CT molecular complexity index is 941. The topological polar surface area (TPSA) is 85.8 Å². The Morgan fingerprint density at radius 3 is 2.47 bits per heavy atom. The van der Waals surface area contributed by atoms with Crippen LogP contribution in [0.4, 0.5) is 5.95 Å². The monoisotopic (exact) mass is 405 g/mol. The van der Waals surface area contributed by atoms with E-state index in [4.69, 9.17) is 10.7 Å². The van der Waals surface area contributed by atoms with Crippen LogP contribution in [-0.2, 0) is 13.0 Å². The standard InChI is InChI=1S/C24H31N5O/c25-14-6-1-2-7-15-27-24-28-22(21-12-16-26-17-13-21)19-23(30)29(24)18-8-11-20-9-4-3-5-10-20/h3-5,9-10,12-13,16-17,19H,1-2,6-8,11,14-15,18,25H2,(H,27,28). The molecule has 6 heteroatoms. The Balaban J connectivity index is 1.72. The maximum Gasteiger partial charge on any atom is 0.255 e. The third-order valence-electron chi connectivity index (χ3n) is 5.09. The summed E-state index contributed by atoms with van der Waals surface area (Å²) in [4.78, 5) is 21.7. The van der Waals surface area contributed by atoms with E-state index in [1.54, 1.807) is 23.0 Å². The van der Waals surface area contributed by atoms with Gasteiger partial charge in [0.2, 0.25) is 5.95 Å². The van der Waals surface area contributed by atoms with Crippen molar-refractivity contribution in [2.45, 2.75) is 45.1 Å². The highest BCUT2D eigenvalue weighted by molar-refractivity contribution is 5.59. The van der Waals surface area contributed by atoms with Crippen LogP contribution in [0.1, 0.15) is 37.7 Å². The molecule has 0 saturated heterocycles. The van der Waals surface area contributed by atoms with Crippen molar-refractivity contribution in [2.75, 3.05) is 18.4 Å². The lowest BCUT2D eigenvalue weighted by Gasteiger charge is -2.15. The molecule has 158 valence electrons. The quantitative estimate of drug-likeness (QED) is 0.447. The van der Waals surface area contributed by atoms with Gasteiger partial charge in [-0.05, 0) is 49.9 Å². The Labute approximate surface area is 178 Å². The Hall–Kier alpha value is -2.99. The minimum absolute atomic E-state index is 0.0319. The Kier molecular flexibility index (Phi) is 8.60. The minimum atomic E-state index is -0.0319. The molecule has 0 atom stereocenters. The van der Waals surface area contributed by atoms with Gasteiger partial charge in [-0.2, -0.15) is 0 Å². The number of anilines is 1. The zero-order valence-corrected chi connectivity index (χ0v) is 17.5. The molecule has 0 unspecified atom stereocenters. The van der Waals surface area contributed by atoms with Crippen LogP contribution in [0.5, 0.6) is 0 Å². The zero-order valence-electron chi connectivity index (χ0n) is 17.5. The van der Waals surface area contributed by atoms with E-state index in [9.17, 15) is 4.79 Å². The molecule has 0 fully saturated rings. The van der Waals surface area contributed by atoms with Gasteiger partial charge in [0.1, 0.15) is 0 Å². The summed E-state index contributed by atoms with van der Waals surface area (Å²) < 4.78 is 1.76. The second-order valence-electron chi connectivity index (χ2n) is 7.41. The average Bonchev–Trinajstić information content (AvgIpc) is 2.79. The molecule has 0 aliphatic carbocycles. The van der Waals surface area contributed by atoms with E-state index in [1.165, 1.54) is 5.56 Å². The lowest BCUT2D eigenvalue weighted by Crippen LogP contribution is -2.25. The lowest BCUT2D eigenvalue weighted by molar-refractivity contribution is 0.612. The number of aromatic nitrogens is 3. The molecule has 2 aromatic heterocycles. The molecular formula is C24H31N5O. The van der Waals surface area contributed by atoms with Gasteiger partial charge < -0.3 is 11.1 Å². The van der Waals surface area contributed by atoms with Crippen molar-refractivity contribution in [3.8, 4) is 11.3 Å². The highest BCUT2D eigenvalue weighted by atomic mass is 16.1. The first-order valence-corrected chi connectivity index (χ1v) is 10.8. The molecule has 1 aromatic carbocycles. The van der Waals surface area contributed by atoms with E-state index in [0.29, 0.717) is 18.2 Å². The van der Waals surface area contributed by atoms with E-state index in [1.807, 2.05) is 30.3 Å². The van der Waals surface area contributed by atoms with Crippen LogP contribution < -0.4 is 16.6 Å². The summed E-state index contributed by atoms with van der Waals surface area (Å²) >= 11 is 0. The molecule has 0 saturated carbocycles. The molecule has 0 aliphatic rings. The molecule has 30 heavy (non-hydrogen) atoms. The largest absolute Gasteiger partial charge is 0.356 e. The SMILES string of the molecule is NCCCCCCNc1nc(-c2ccncc2)cc(=O)n1CCCc1ccccc1. The number of nitrogens with zero attached hydrogens (tertiary/aromatic N) is 3. The van der Waals surface area contributed by atoms with Crippen LogP contribution in [0.3, 0.4) is 0 Å². The summed E-state index contributed by atoms with van der Waals surface area (Å²) in [5.74, 6) is 0.640.